The lowest BCUT2D eigenvalue weighted by molar-refractivity contribution is -0.159. The van der Waals surface area contributed by atoms with Crippen LogP contribution in [0.3, 0.4) is 0 Å². The summed E-state index contributed by atoms with van der Waals surface area (Å²) in [6.07, 6.45) is 1.47. The summed E-state index contributed by atoms with van der Waals surface area (Å²) in [5.74, 6) is -2.98. The molecule has 0 aliphatic carbocycles. The Hall–Kier alpha value is -2.65. The molecule has 5 N–H and O–H groups in total. The Labute approximate surface area is 171 Å². The predicted octanol–water partition coefficient (Wildman–Crippen LogP) is 1.94. The van der Waals surface area contributed by atoms with Crippen LogP contribution in [0.5, 0.6) is 5.75 Å². The lowest BCUT2D eigenvalue weighted by Crippen LogP contribution is -2.38. The second-order valence-corrected chi connectivity index (χ2v) is 7.45. The number of anilines is 1. The normalized spacial score (nSPS) is 11.6. The number of carboxylic acid groups (broad SMARTS) is 2. The molecule has 1 atom stereocenters. The van der Waals surface area contributed by atoms with Crippen molar-refractivity contribution in [1.82, 2.24) is 10.6 Å². The number of carboxylic acids is 2. The smallest absolute Gasteiger partial charge is 0.414 e. The second-order valence-electron chi connectivity index (χ2n) is 7.45. The van der Waals surface area contributed by atoms with Crippen molar-refractivity contribution in [3.05, 3.63) is 24.3 Å². The van der Waals surface area contributed by atoms with Crippen LogP contribution in [0.2, 0.25) is 0 Å². The Kier molecular flexibility index (Phi) is 12.3. The van der Waals surface area contributed by atoms with Crippen molar-refractivity contribution >= 4 is 23.5 Å². The van der Waals surface area contributed by atoms with Crippen LogP contribution >= 0.6 is 0 Å². The summed E-state index contributed by atoms with van der Waals surface area (Å²) in [6, 6.07) is 7.57. The number of benzene rings is 1. The summed E-state index contributed by atoms with van der Waals surface area (Å²) in [5.41, 5.74) is 0.863. The highest BCUT2D eigenvalue weighted by Crippen LogP contribution is 2.23. The average Bonchev–Trinajstić information content (AvgIpc) is 2.61. The Bertz CT molecular complexity index is 646. The van der Waals surface area contributed by atoms with Gasteiger partial charge in [-0.3, -0.25) is 4.79 Å². The van der Waals surface area contributed by atoms with Crippen molar-refractivity contribution in [1.29, 1.82) is 0 Å². The molecule has 0 aromatic heterocycles. The summed E-state index contributed by atoms with van der Waals surface area (Å²) >= 11 is 0. The number of amides is 1. The number of rotatable bonds is 9. The van der Waals surface area contributed by atoms with Crippen LogP contribution in [0.25, 0.3) is 0 Å². The molecule has 0 radical (unpaired) electrons. The SMILES string of the molecule is COc1ccccc1NC(=O)CC(C)NCCCNC(C)(C)C.O=C(O)C(=O)O. The third kappa shape index (κ3) is 14.1. The maximum atomic E-state index is 12.1. The van der Waals surface area contributed by atoms with E-state index in [1.807, 2.05) is 31.2 Å². The van der Waals surface area contributed by atoms with Gasteiger partial charge in [-0.25, -0.2) is 9.59 Å². The quantitative estimate of drug-likeness (QED) is 0.307. The molecule has 29 heavy (non-hydrogen) atoms. The lowest BCUT2D eigenvalue weighted by atomic mass is 10.1. The zero-order valence-electron chi connectivity index (χ0n) is 17.7. The molecule has 0 aliphatic heterocycles. The maximum absolute atomic E-state index is 12.1. The Morgan fingerprint density at radius 2 is 1.66 bits per heavy atom. The number of carbonyl (C=O) groups excluding carboxylic acids is 1. The second kappa shape index (κ2) is 13.5. The summed E-state index contributed by atoms with van der Waals surface area (Å²) in [7, 11) is 1.60. The molecule has 0 heterocycles. The first-order chi connectivity index (χ1) is 13.5. The minimum Gasteiger partial charge on any atom is -0.495 e. The molecule has 0 saturated heterocycles. The maximum Gasteiger partial charge on any atom is 0.414 e. The average molecular weight is 411 g/mol. The molecule has 164 valence electrons. The van der Waals surface area contributed by atoms with Gasteiger partial charge in [0.15, 0.2) is 0 Å². The van der Waals surface area contributed by atoms with E-state index in [9.17, 15) is 4.79 Å². The van der Waals surface area contributed by atoms with Crippen molar-refractivity contribution < 1.29 is 29.3 Å². The van der Waals surface area contributed by atoms with Crippen molar-refractivity contribution in [2.24, 2.45) is 0 Å². The van der Waals surface area contributed by atoms with Crippen LogP contribution in [0.1, 0.15) is 40.5 Å². The molecule has 1 aromatic carbocycles. The van der Waals surface area contributed by atoms with E-state index in [1.165, 1.54) is 0 Å². The predicted molar refractivity (Wildman–Crippen MR) is 111 cm³/mol. The number of para-hydroxylation sites is 2. The minimum absolute atomic E-state index is 0.0117. The largest absolute Gasteiger partial charge is 0.495 e. The van der Waals surface area contributed by atoms with Crippen LogP contribution in [0.4, 0.5) is 5.69 Å². The Morgan fingerprint density at radius 3 is 2.17 bits per heavy atom. The minimum atomic E-state index is -1.82. The van der Waals surface area contributed by atoms with E-state index in [1.54, 1.807) is 7.11 Å². The molecule has 9 heteroatoms. The standard InChI is InChI=1S/C18H31N3O2.C2H2O4/c1-14(19-11-8-12-20-18(2,3)4)13-17(22)21-15-9-6-7-10-16(15)23-5;3-1(4)2(5)6/h6-7,9-10,14,19-20H,8,11-13H2,1-5H3,(H,21,22);(H,3,4)(H,5,6). The van der Waals surface area contributed by atoms with Crippen LogP contribution in [0.15, 0.2) is 24.3 Å². The van der Waals surface area contributed by atoms with Gasteiger partial charge in [0.25, 0.3) is 0 Å². The number of nitrogens with one attached hydrogen (secondary N) is 3. The molecule has 1 unspecified atom stereocenters. The van der Waals surface area contributed by atoms with Crippen molar-refractivity contribution in [2.45, 2.75) is 52.1 Å². The molecule has 1 amide bonds. The van der Waals surface area contributed by atoms with E-state index < -0.39 is 11.9 Å². The topological polar surface area (TPSA) is 137 Å². The van der Waals surface area contributed by atoms with Gasteiger partial charge in [0, 0.05) is 18.0 Å². The highest BCUT2D eigenvalue weighted by atomic mass is 16.5. The molecular weight excluding hydrogens is 378 g/mol. The fourth-order valence-corrected chi connectivity index (χ4v) is 2.20. The molecular formula is C20H33N3O6. The van der Waals surface area contributed by atoms with E-state index in [2.05, 4.69) is 36.7 Å². The number of carbonyl (C=O) groups is 3. The van der Waals surface area contributed by atoms with Crippen molar-refractivity contribution in [3.8, 4) is 5.75 Å². The van der Waals surface area contributed by atoms with Gasteiger partial charge in [-0.15, -0.1) is 0 Å². The fraction of sp³-hybridized carbons (Fsp3) is 0.550. The van der Waals surface area contributed by atoms with Crippen LogP contribution in [-0.4, -0.2) is 59.8 Å². The molecule has 1 aromatic rings. The van der Waals surface area contributed by atoms with Gasteiger partial charge < -0.3 is 30.9 Å². The molecule has 1 rings (SSSR count). The number of methoxy groups -OCH3 is 1. The fourth-order valence-electron chi connectivity index (χ4n) is 2.20. The van der Waals surface area contributed by atoms with E-state index in [4.69, 9.17) is 24.5 Å². The van der Waals surface area contributed by atoms with Crippen LogP contribution < -0.4 is 20.7 Å². The number of aliphatic carboxylic acids is 2. The monoisotopic (exact) mass is 411 g/mol. The lowest BCUT2D eigenvalue weighted by Gasteiger charge is -2.21. The third-order valence-corrected chi connectivity index (χ3v) is 3.56. The first-order valence-corrected chi connectivity index (χ1v) is 9.33. The summed E-state index contributed by atoms with van der Waals surface area (Å²) in [4.78, 5) is 30.3. The highest BCUT2D eigenvalue weighted by Gasteiger charge is 2.11. The van der Waals surface area contributed by atoms with Crippen molar-refractivity contribution in [3.63, 3.8) is 0 Å². The summed E-state index contributed by atoms with van der Waals surface area (Å²) < 4.78 is 5.23. The van der Waals surface area contributed by atoms with Gasteiger partial charge in [-0.1, -0.05) is 12.1 Å². The Morgan fingerprint density at radius 1 is 1.07 bits per heavy atom. The molecule has 9 nitrogen and oxygen atoms in total. The Balaban J connectivity index is 0.00000113. The van der Waals surface area contributed by atoms with Gasteiger partial charge >= 0.3 is 11.9 Å². The van der Waals surface area contributed by atoms with Crippen LogP contribution in [0, 0.1) is 0 Å². The van der Waals surface area contributed by atoms with E-state index in [0.717, 1.165) is 19.5 Å². The number of hydrogen-bond acceptors (Lipinski definition) is 6. The summed E-state index contributed by atoms with van der Waals surface area (Å²) in [5, 5.41) is 24.5. The van der Waals surface area contributed by atoms with Gasteiger partial charge in [0.1, 0.15) is 5.75 Å². The van der Waals surface area contributed by atoms with Gasteiger partial charge in [0.05, 0.1) is 12.8 Å². The highest BCUT2D eigenvalue weighted by molar-refractivity contribution is 6.27. The molecule has 0 saturated carbocycles. The number of ether oxygens (including phenoxy) is 1. The first kappa shape index (κ1) is 26.4. The van der Waals surface area contributed by atoms with Gasteiger partial charge in [0.2, 0.25) is 5.91 Å². The third-order valence-electron chi connectivity index (χ3n) is 3.56. The molecule has 0 aliphatic rings. The van der Waals surface area contributed by atoms with Gasteiger partial charge in [-0.2, -0.15) is 0 Å². The van der Waals surface area contributed by atoms with Crippen LogP contribution in [-0.2, 0) is 14.4 Å². The van der Waals surface area contributed by atoms with E-state index in [-0.39, 0.29) is 17.5 Å². The molecule has 0 bridgehead atoms. The summed E-state index contributed by atoms with van der Waals surface area (Å²) in [6.45, 7) is 10.4. The van der Waals surface area contributed by atoms with Crippen molar-refractivity contribution in [2.75, 3.05) is 25.5 Å². The molecule has 0 spiro atoms. The zero-order valence-corrected chi connectivity index (χ0v) is 17.7. The first-order valence-electron chi connectivity index (χ1n) is 9.33. The number of hydrogen-bond donors (Lipinski definition) is 5. The van der Waals surface area contributed by atoms with Gasteiger partial charge in [-0.05, 0) is 59.3 Å². The van der Waals surface area contributed by atoms with E-state index >= 15 is 0 Å². The molecule has 0 fully saturated rings. The zero-order chi connectivity index (χ0) is 22.4. The van der Waals surface area contributed by atoms with E-state index in [0.29, 0.717) is 17.9 Å².